The largest absolute Gasteiger partial charge is 0.507 e. The number of carbonyl (C=O) groups is 2. The van der Waals surface area contributed by atoms with Gasteiger partial charge in [0.1, 0.15) is 11.5 Å². The molecule has 0 spiro atoms. The summed E-state index contributed by atoms with van der Waals surface area (Å²) in [5.74, 6) is -0.831. The Morgan fingerprint density at radius 1 is 1.05 bits per heavy atom. The van der Waals surface area contributed by atoms with Crippen molar-refractivity contribution in [2.24, 2.45) is 7.05 Å². The summed E-state index contributed by atoms with van der Waals surface area (Å²) in [4.78, 5) is 28.7. The van der Waals surface area contributed by atoms with Crippen LogP contribution < -0.4 is 9.64 Å². The van der Waals surface area contributed by atoms with E-state index in [2.05, 4.69) is 0 Å². The predicted octanol–water partition coefficient (Wildman–Crippen LogP) is 6.90. The molecular formula is C31H29ClN2O4. The third-order valence-corrected chi connectivity index (χ3v) is 7.48. The maximum atomic E-state index is 13.7. The van der Waals surface area contributed by atoms with Crippen LogP contribution in [0.5, 0.6) is 5.75 Å². The van der Waals surface area contributed by atoms with Crippen molar-refractivity contribution in [1.29, 1.82) is 0 Å². The van der Waals surface area contributed by atoms with E-state index in [1.165, 1.54) is 4.90 Å². The molecule has 38 heavy (non-hydrogen) atoms. The molecule has 0 aliphatic carbocycles. The highest BCUT2D eigenvalue weighted by Gasteiger charge is 2.48. The van der Waals surface area contributed by atoms with Crippen molar-refractivity contribution in [2.45, 2.75) is 32.7 Å². The van der Waals surface area contributed by atoms with Gasteiger partial charge in [0.15, 0.2) is 0 Å². The van der Waals surface area contributed by atoms with Gasteiger partial charge < -0.3 is 14.4 Å². The van der Waals surface area contributed by atoms with Crippen molar-refractivity contribution in [3.8, 4) is 5.75 Å². The van der Waals surface area contributed by atoms with Crippen LogP contribution in [0.1, 0.15) is 48.1 Å². The van der Waals surface area contributed by atoms with Crippen molar-refractivity contribution in [2.75, 3.05) is 12.0 Å². The normalized spacial score (nSPS) is 17.1. The number of fused-ring (bicyclic) bond motifs is 1. The lowest BCUT2D eigenvalue weighted by atomic mass is 9.91. The van der Waals surface area contributed by atoms with Crippen LogP contribution in [0, 0.1) is 6.92 Å². The SMILES string of the molecule is COc1cc(C)c(/C(O)=C2\C(=O)C(=O)N(c3ccc(Cl)cc3)C2c2cn(C)c3ccccc23)cc1C(C)C. The van der Waals surface area contributed by atoms with Crippen LogP contribution in [0.3, 0.4) is 0 Å². The van der Waals surface area contributed by atoms with Gasteiger partial charge in [-0.15, -0.1) is 0 Å². The van der Waals surface area contributed by atoms with Crippen molar-refractivity contribution < 1.29 is 19.4 Å². The molecule has 0 saturated carbocycles. The number of hydrogen-bond donors (Lipinski definition) is 1. The molecule has 1 aliphatic heterocycles. The number of anilines is 1. The van der Waals surface area contributed by atoms with Crippen LogP contribution >= 0.6 is 11.6 Å². The third kappa shape index (κ3) is 4.05. The summed E-state index contributed by atoms with van der Waals surface area (Å²) in [6.07, 6.45) is 1.91. The number of halogens is 1. The lowest BCUT2D eigenvalue weighted by molar-refractivity contribution is -0.132. The Labute approximate surface area is 226 Å². The maximum Gasteiger partial charge on any atom is 0.300 e. The number of rotatable bonds is 5. The van der Waals surface area contributed by atoms with Crippen LogP contribution in [0.2, 0.25) is 5.02 Å². The summed E-state index contributed by atoms with van der Waals surface area (Å²) in [5.41, 5.74) is 4.38. The quantitative estimate of drug-likeness (QED) is 0.174. The van der Waals surface area contributed by atoms with Crippen LogP contribution in [0.15, 0.2) is 72.4 Å². The van der Waals surface area contributed by atoms with Crippen LogP contribution in [0.4, 0.5) is 5.69 Å². The molecule has 1 aromatic heterocycles. The first-order chi connectivity index (χ1) is 18.1. The molecule has 1 unspecified atom stereocenters. The van der Waals surface area contributed by atoms with Gasteiger partial charge in [-0.2, -0.15) is 0 Å². The predicted molar refractivity (Wildman–Crippen MR) is 151 cm³/mol. The third-order valence-electron chi connectivity index (χ3n) is 7.23. The number of ketones is 1. The van der Waals surface area contributed by atoms with Gasteiger partial charge in [-0.3, -0.25) is 14.5 Å². The number of benzene rings is 3. The number of hydrogen-bond acceptors (Lipinski definition) is 4. The number of carbonyl (C=O) groups excluding carboxylic acids is 2. The van der Waals surface area contributed by atoms with Gasteiger partial charge in [0, 0.05) is 46.0 Å². The molecule has 7 heteroatoms. The monoisotopic (exact) mass is 528 g/mol. The fourth-order valence-corrected chi connectivity index (χ4v) is 5.44. The second kappa shape index (κ2) is 9.69. The molecule has 1 N–H and O–H groups in total. The topological polar surface area (TPSA) is 71.8 Å². The minimum atomic E-state index is -0.841. The highest BCUT2D eigenvalue weighted by molar-refractivity contribution is 6.52. The lowest BCUT2D eigenvalue weighted by Gasteiger charge is -2.25. The first kappa shape index (κ1) is 25.6. The summed E-state index contributed by atoms with van der Waals surface area (Å²) in [5, 5.41) is 13.2. The van der Waals surface area contributed by atoms with Gasteiger partial charge in [0.05, 0.1) is 18.7 Å². The number of aryl methyl sites for hydroxylation is 2. The summed E-state index contributed by atoms with van der Waals surface area (Å²) in [6, 6.07) is 17.4. The molecule has 1 aliphatic rings. The molecule has 194 valence electrons. The minimum Gasteiger partial charge on any atom is -0.507 e. The molecule has 6 nitrogen and oxygen atoms in total. The van der Waals surface area contributed by atoms with Crippen molar-refractivity contribution in [1.82, 2.24) is 4.57 Å². The minimum absolute atomic E-state index is 0.0456. The van der Waals surface area contributed by atoms with E-state index in [1.54, 1.807) is 31.4 Å². The molecular weight excluding hydrogens is 500 g/mol. The fraction of sp³-hybridized carbons (Fsp3) is 0.226. The molecule has 4 aromatic rings. The highest BCUT2D eigenvalue weighted by Crippen LogP contribution is 2.45. The standard InChI is InChI=1S/C31H29ClN2O4/c1-17(2)22-15-23(18(3)14-26(22)38-5)29(35)27-28(24-16-33(4)25-9-7-6-8-21(24)25)34(31(37)30(27)36)20-12-10-19(32)11-13-20/h6-17,28,35H,1-5H3/b29-27+. The number of Topliss-reactive ketones (excluding diaryl/α,β-unsaturated/α-hetero) is 1. The Bertz CT molecular complexity index is 1620. The average Bonchev–Trinajstić information content (AvgIpc) is 3.37. The smallest absolute Gasteiger partial charge is 0.300 e. The number of aliphatic hydroxyl groups is 1. The van der Waals surface area contributed by atoms with E-state index in [-0.39, 0.29) is 17.3 Å². The lowest BCUT2D eigenvalue weighted by Crippen LogP contribution is -2.29. The summed E-state index contributed by atoms with van der Waals surface area (Å²) >= 11 is 6.13. The zero-order valence-electron chi connectivity index (χ0n) is 21.9. The summed E-state index contributed by atoms with van der Waals surface area (Å²) in [7, 11) is 3.53. The number of aromatic nitrogens is 1. The highest BCUT2D eigenvalue weighted by atomic mass is 35.5. The first-order valence-corrected chi connectivity index (χ1v) is 12.8. The average molecular weight is 529 g/mol. The van der Waals surface area contributed by atoms with Crippen molar-refractivity contribution in [3.05, 3.63) is 99.7 Å². The molecule has 3 aromatic carbocycles. The van der Waals surface area contributed by atoms with E-state index < -0.39 is 17.7 Å². The number of ether oxygens (including phenoxy) is 1. The van der Waals surface area contributed by atoms with E-state index in [1.807, 2.05) is 75.0 Å². The second-order valence-corrected chi connectivity index (χ2v) is 10.4. The maximum absolute atomic E-state index is 13.7. The molecule has 1 saturated heterocycles. The van der Waals surface area contributed by atoms with E-state index in [0.29, 0.717) is 22.0 Å². The summed E-state index contributed by atoms with van der Waals surface area (Å²) < 4.78 is 7.53. The Hall–Kier alpha value is -4.03. The van der Waals surface area contributed by atoms with Gasteiger partial charge in [-0.25, -0.2) is 0 Å². The number of methoxy groups -OCH3 is 1. The van der Waals surface area contributed by atoms with Crippen LogP contribution in [0.25, 0.3) is 16.7 Å². The number of nitrogens with zero attached hydrogens (tertiary/aromatic N) is 2. The van der Waals surface area contributed by atoms with E-state index >= 15 is 0 Å². The molecule has 1 amide bonds. The molecule has 1 fully saturated rings. The van der Waals surface area contributed by atoms with Gasteiger partial charge in [0.2, 0.25) is 0 Å². The zero-order chi connectivity index (χ0) is 27.3. The molecule has 5 rings (SSSR count). The van der Waals surface area contributed by atoms with Crippen molar-refractivity contribution >= 4 is 45.6 Å². The molecule has 0 radical (unpaired) electrons. The number of aliphatic hydroxyl groups excluding tert-OH is 1. The van der Waals surface area contributed by atoms with Crippen LogP contribution in [-0.2, 0) is 16.6 Å². The van der Waals surface area contributed by atoms with E-state index in [4.69, 9.17) is 16.3 Å². The van der Waals surface area contributed by atoms with Crippen LogP contribution in [-0.4, -0.2) is 28.5 Å². The molecule has 2 heterocycles. The Morgan fingerprint density at radius 2 is 1.74 bits per heavy atom. The zero-order valence-corrected chi connectivity index (χ0v) is 22.7. The number of para-hydroxylation sites is 1. The van der Waals surface area contributed by atoms with E-state index in [9.17, 15) is 14.7 Å². The molecule has 0 bridgehead atoms. The van der Waals surface area contributed by atoms with E-state index in [0.717, 1.165) is 27.6 Å². The van der Waals surface area contributed by atoms with Crippen molar-refractivity contribution in [3.63, 3.8) is 0 Å². The Morgan fingerprint density at radius 3 is 2.39 bits per heavy atom. The fourth-order valence-electron chi connectivity index (χ4n) is 5.31. The number of amides is 1. The van der Waals surface area contributed by atoms with Gasteiger partial charge in [-0.1, -0.05) is 43.6 Å². The van der Waals surface area contributed by atoms with Gasteiger partial charge in [0.25, 0.3) is 11.7 Å². The second-order valence-electron chi connectivity index (χ2n) is 9.92. The Balaban J connectivity index is 1.82. The first-order valence-electron chi connectivity index (χ1n) is 12.4. The van der Waals surface area contributed by atoms with Gasteiger partial charge >= 0.3 is 0 Å². The van der Waals surface area contributed by atoms with Gasteiger partial charge in [-0.05, 0) is 66.4 Å². The summed E-state index contributed by atoms with van der Waals surface area (Å²) in [6.45, 7) is 5.92. The Kier molecular flexibility index (Phi) is 6.53. The molecule has 1 atom stereocenters.